The summed E-state index contributed by atoms with van der Waals surface area (Å²) >= 11 is 0. The van der Waals surface area contributed by atoms with Crippen LogP contribution in [-0.4, -0.2) is 10.4 Å². The summed E-state index contributed by atoms with van der Waals surface area (Å²) in [7, 11) is 0. The first-order chi connectivity index (χ1) is 8.95. The van der Waals surface area contributed by atoms with E-state index in [2.05, 4.69) is 83.4 Å². The van der Waals surface area contributed by atoms with Crippen molar-refractivity contribution in [1.82, 2.24) is 4.90 Å². The second-order valence-corrected chi connectivity index (χ2v) is 5.46. The maximum absolute atomic E-state index is 3.86. The molecule has 0 bridgehead atoms. The molecule has 0 aromatic heterocycles. The van der Waals surface area contributed by atoms with Gasteiger partial charge >= 0.3 is 0 Å². The molecule has 0 saturated carbocycles. The first-order valence-corrected chi connectivity index (χ1v) is 7.04. The van der Waals surface area contributed by atoms with Crippen molar-refractivity contribution in [3.8, 4) is 0 Å². The van der Waals surface area contributed by atoms with Gasteiger partial charge in [0.1, 0.15) is 0 Å². The van der Waals surface area contributed by atoms with Crippen molar-refractivity contribution in [3.63, 3.8) is 0 Å². The number of likely N-dealkylation sites (tertiary alicyclic amines) is 1. The molecule has 19 heavy (non-hydrogen) atoms. The van der Waals surface area contributed by atoms with Gasteiger partial charge in [0.05, 0.1) is 0 Å². The SMILES string of the molecule is C=C/C=C1\C(=C/C)C(C)C(C)(C)N1C(/C=C\C)=C/C. The zero-order valence-corrected chi connectivity index (χ0v) is 13.2. The Balaban J connectivity index is 3.48. The smallest absolute Gasteiger partial charge is 0.0461 e. The van der Waals surface area contributed by atoms with Gasteiger partial charge in [0, 0.05) is 22.9 Å². The van der Waals surface area contributed by atoms with Crippen LogP contribution >= 0.6 is 0 Å². The van der Waals surface area contributed by atoms with Crippen LogP contribution in [0.3, 0.4) is 0 Å². The first kappa shape index (κ1) is 15.6. The van der Waals surface area contributed by atoms with Crippen molar-refractivity contribution in [2.45, 2.75) is 47.1 Å². The average Bonchev–Trinajstić information content (AvgIpc) is 2.55. The predicted molar refractivity (Wildman–Crippen MR) is 85.7 cm³/mol. The van der Waals surface area contributed by atoms with Crippen molar-refractivity contribution < 1.29 is 0 Å². The molecule has 0 spiro atoms. The summed E-state index contributed by atoms with van der Waals surface area (Å²) < 4.78 is 0. The van der Waals surface area contributed by atoms with E-state index < -0.39 is 0 Å². The van der Waals surface area contributed by atoms with Gasteiger partial charge in [-0.1, -0.05) is 37.8 Å². The van der Waals surface area contributed by atoms with Gasteiger partial charge < -0.3 is 4.90 Å². The van der Waals surface area contributed by atoms with Crippen LogP contribution in [0.1, 0.15) is 41.5 Å². The van der Waals surface area contributed by atoms with E-state index in [1.807, 2.05) is 6.08 Å². The summed E-state index contributed by atoms with van der Waals surface area (Å²) in [5.41, 5.74) is 3.97. The Bertz CT molecular complexity index is 458. The van der Waals surface area contributed by atoms with Crippen molar-refractivity contribution in [1.29, 1.82) is 0 Å². The summed E-state index contributed by atoms with van der Waals surface area (Å²) in [4.78, 5) is 2.43. The molecule has 1 heteroatoms. The average molecular weight is 257 g/mol. The summed E-state index contributed by atoms with van der Waals surface area (Å²) in [5, 5.41) is 0. The summed E-state index contributed by atoms with van der Waals surface area (Å²) in [5.74, 6) is 0.490. The third-order valence-corrected chi connectivity index (χ3v) is 4.12. The zero-order chi connectivity index (χ0) is 14.6. The zero-order valence-electron chi connectivity index (χ0n) is 13.2. The van der Waals surface area contributed by atoms with E-state index in [-0.39, 0.29) is 5.54 Å². The van der Waals surface area contributed by atoms with Gasteiger partial charge in [-0.2, -0.15) is 0 Å². The van der Waals surface area contributed by atoms with Gasteiger partial charge in [0.15, 0.2) is 0 Å². The molecule has 0 N–H and O–H groups in total. The second-order valence-electron chi connectivity index (χ2n) is 5.46. The van der Waals surface area contributed by atoms with Gasteiger partial charge in [-0.05, 0) is 52.3 Å². The molecule has 1 aliphatic heterocycles. The van der Waals surface area contributed by atoms with Crippen LogP contribution < -0.4 is 0 Å². The fraction of sp³-hybridized carbons (Fsp3) is 0.444. The lowest BCUT2D eigenvalue weighted by Gasteiger charge is -2.37. The van der Waals surface area contributed by atoms with E-state index in [1.165, 1.54) is 17.0 Å². The Morgan fingerprint density at radius 1 is 1.26 bits per heavy atom. The summed E-state index contributed by atoms with van der Waals surface area (Å²) in [6, 6.07) is 0. The fourth-order valence-electron chi connectivity index (χ4n) is 2.86. The maximum atomic E-state index is 3.86. The van der Waals surface area contributed by atoms with Gasteiger partial charge in [0.25, 0.3) is 0 Å². The fourth-order valence-corrected chi connectivity index (χ4v) is 2.86. The molecule has 1 aliphatic rings. The van der Waals surface area contributed by atoms with Crippen LogP contribution in [0, 0.1) is 5.92 Å². The van der Waals surface area contributed by atoms with Crippen LogP contribution in [-0.2, 0) is 0 Å². The van der Waals surface area contributed by atoms with Gasteiger partial charge in [-0.3, -0.25) is 0 Å². The molecule has 1 unspecified atom stereocenters. The molecule has 1 fully saturated rings. The van der Waals surface area contributed by atoms with Crippen molar-refractivity contribution >= 4 is 0 Å². The Kier molecular flexibility index (Phi) is 4.99. The molecule has 1 saturated heterocycles. The minimum Gasteiger partial charge on any atom is -0.335 e. The topological polar surface area (TPSA) is 3.24 Å². The van der Waals surface area contributed by atoms with E-state index in [1.54, 1.807) is 0 Å². The summed E-state index contributed by atoms with van der Waals surface area (Å²) in [6.07, 6.45) is 12.7. The highest BCUT2D eigenvalue weighted by Crippen LogP contribution is 2.47. The highest BCUT2D eigenvalue weighted by atomic mass is 15.2. The monoisotopic (exact) mass is 257 g/mol. The van der Waals surface area contributed by atoms with Crippen molar-refractivity contribution in [3.05, 3.63) is 60.0 Å². The van der Waals surface area contributed by atoms with Crippen LogP contribution in [0.2, 0.25) is 0 Å². The van der Waals surface area contributed by atoms with E-state index in [9.17, 15) is 0 Å². The van der Waals surface area contributed by atoms with Crippen LogP contribution in [0.25, 0.3) is 0 Å². The lowest BCUT2D eigenvalue weighted by atomic mass is 9.87. The standard InChI is InChI=1S/C18H27N/c1-8-12-15(10-3)19-17(13-9-2)16(11-4)14(5)18(19,6)7/h8-14H,2H2,1,3-7H3/b12-8-,15-10+,16-11-,17-13+. The highest BCUT2D eigenvalue weighted by Gasteiger charge is 2.44. The molecule has 104 valence electrons. The van der Waals surface area contributed by atoms with Crippen molar-refractivity contribution in [2.24, 2.45) is 5.92 Å². The number of rotatable bonds is 3. The molecular weight excluding hydrogens is 230 g/mol. The Labute approximate surface area is 118 Å². The Morgan fingerprint density at radius 3 is 2.32 bits per heavy atom. The van der Waals surface area contributed by atoms with E-state index in [4.69, 9.17) is 0 Å². The van der Waals surface area contributed by atoms with Crippen LogP contribution in [0.5, 0.6) is 0 Å². The molecule has 0 aliphatic carbocycles. The lowest BCUT2D eigenvalue weighted by molar-refractivity contribution is 0.217. The Hall–Kier alpha value is -1.50. The molecule has 1 rings (SSSR count). The van der Waals surface area contributed by atoms with E-state index >= 15 is 0 Å². The molecule has 1 atom stereocenters. The molecule has 0 amide bonds. The summed E-state index contributed by atoms with van der Waals surface area (Å²) in [6.45, 7) is 17.0. The Morgan fingerprint density at radius 2 is 1.89 bits per heavy atom. The highest BCUT2D eigenvalue weighted by molar-refractivity contribution is 5.46. The maximum Gasteiger partial charge on any atom is 0.0461 e. The molecule has 0 radical (unpaired) electrons. The van der Waals surface area contributed by atoms with Crippen LogP contribution in [0.4, 0.5) is 0 Å². The number of nitrogens with zero attached hydrogens (tertiary/aromatic N) is 1. The molecular formula is C18H27N. The number of hydrogen-bond donors (Lipinski definition) is 0. The van der Waals surface area contributed by atoms with Gasteiger partial charge in [-0.15, -0.1) is 0 Å². The molecule has 0 aromatic rings. The normalized spacial score (nSPS) is 27.8. The third-order valence-electron chi connectivity index (χ3n) is 4.12. The lowest BCUT2D eigenvalue weighted by Crippen LogP contribution is -2.40. The van der Waals surface area contributed by atoms with Crippen molar-refractivity contribution in [2.75, 3.05) is 0 Å². The quantitative estimate of drug-likeness (QED) is 0.627. The molecule has 0 aromatic carbocycles. The largest absolute Gasteiger partial charge is 0.335 e. The first-order valence-electron chi connectivity index (χ1n) is 7.04. The molecule has 1 heterocycles. The van der Waals surface area contributed by atoms with Gasteiger partial charge in [-0.25, -0.2) is 0 Å². The predicted octanol–water partition coefficient (Wildman–Crippen LogP) is 5.21. The third kappa shape index (κ3) is 2.60. The number of allylic oxidation sites excluding steroid dienone is 7. The van der Waals surface area contributed by atoms with Gasteiger partial charge in [0.2, 0.25) is 0 Å². The van der Waals surface area contributed by atoms with Crippen LogP contribution in [0.15, 0.2) is 60.0 Å². The minimum absolute atomic E-state index is 0.0675. The second kappa shape index (κ2) is 6.10. The van der Waals surface area contributed by atoms with E-state index in [0.29, 0.717) is 5.92 Å². The molecule has 1 nitrogen and oxygen atoms in total. The van der Waals surface area contributed by atoms with E-state index in [0.717, 1.165) is 0 Å². The number of hydrogen-bond acceptors (Lipinski definition) is 1. The minimum atomic E-state index is 0.0675.